The molecule has 0 saturated heterocycles. The first-order chi connectivity index (χ1) is 13.5. The average molecular weight is 403 g/mol. The van der Waals surface area contributed by atoms with Gasteiger partial charge in [-0.1, -0.05) is 48.9 Å². The zero-order chi connectivity index (χ0) is 20.5. The summed E-state index contributed by atoms with van der Waals surface area (Å²) in [5.41, 5.74) is 1.57. The van der Waals surface area contributed by atoms with E-state index in [1.165, 1.54) is 0 Å². The first-order valence-corrected chi connectivity index (χ1v) is 9.93. The molecular formula is C22H27ClN2O3. The van der Waals surface area contributed by atoms with E-state index < -0.39 is 0 Å². The third kappa shape index (κ3) is 5.73. The minimum absolute atomic E-state index is 0.0704. The number of amides is 2. The van der Waals surface area contributed by atoms with Crippen LogP contribution in [0.4, 0.5) is 5.69 Å². The standard InChI is InChI=1S/C22H27ClN2O3/c1-4-18(16-10-8-7-9-11-16)22(27)24-17-12-13-20(19(23)14-17)28-15-21(26)25(5-2)6-3/h7-14,18H,4-6,15H2,1-3H3,(H,24,27). The molecule has 0 heterocycles. The van der Waals surface area contributed by atoms with E-state index in [-0.39, 0.29) is 24.3 Å². The molecule has 6 heteroatoms. The smallest absolute Gasteiger partial charge is 0.260 e. The van der Waals surface area contributed by atoms with Crippen LogP contribution in [0.2, 0.25) is 5.02 Å². The fraction of sp³-hybridized carbons (Fsp3) is 0.364. The molecule has 1 N–H and O–H groups in total. The lowest BCUT2D eigenvalue weighted by Gasteiger charge is -2.19. The van der Waals surface area contributed by atoms with Gasteiger partial charge in [-0.05, 0) is 44.0 Å². The van der Waals surface area contributed by atoms with Crippen molar-refractivity contribution in [3.05, 3.63) is 59.1 Å². The molecule has 2 rings (SSSR count). The lowest BCUT2D eigenvalue weighted by Crippen LogP contribution is -2.34. The number of nitrogens with one attached hydrogen (secondary N) is 1. The number of anilines is 1. The molecule has 2 aromatic rings. The van der Waals surface area contributed by atoms with Crippen LogP contribution in [-0.4, -0.2) is 36.4 Å². The maximum Gasteiger partial charge on any atom is 0.260 e. The predicted octanol–water partition coefficient (Wildman–Crippen LogP) is 4.72. The predicted molar refractivity (Wildman–Crippen MR) is 113 cm³/mol. The molecule has 0 bridgehead atoms. The average Bonchev–Trinajstić information content (AvgIpc) is 2.69. The van der Waals surface area contributed by atoms with Crippen LogP contribution in [0.1, 0.15) is 38.7 Å². The molecule has 0 spiro atoms. The highest BCUT2D eigenvalue weighted by Gasteiger charge is 2.19. The molecule has 5 nitrogen and oxygen atoms in total. The summed E-state index contributed by atoms with van der Waals surface area (Å²) in [6.07, 6.45) is 0.693. The van der Waals surface area contributed by atoms with Crippen LogP contribution in [0.3, 0.4) is 0 Å². The van der Waals surface area contributed by atoms with Crippen LogP contribution in [0.5, 0.6) is 5.75 Å². The topological polar surface area (TPSA) is 58.6 Å². The molecule has 28 heavy (non-hydrogen) atoms. The van der Waals surface area contributed by atoms with E-state index >= 15 is 0 Å². The number of carbonyl (C=O) groups is 2. The lowest BCUT2D eigenvalue weighted by atomic mass is 9.95. The summed E-state index contributed by atoms with van der Waals surface area (Å²) in [5, 5.41) is 3.25. The molecule has 0 aliphatic carbocycles. The number of halogens is 1. The van der Waals surface area contributed by atoms with Crippen LogP contribution in [-0.2, 0) is 9.59 Å². The third-order valence-electron chi connectivity index (χ3n) is 4.59. The van der Waals surface area contributed by atoms with Gasteiger partial charge < -0.3 is 15.0 Å². The van der Waals surface area contributed by atoms with Gasteiger partial charge in [-0.2, -0.15) is 0 Å². The van der Waals surface area contributed by atoms with Crippen molar-refractivity contribution < 1.29 is 14.3 Å². The third-order valence-corrected chi connectivity index (χ3v) is 4.89. The maximum absolute atomic E-state index is 12.7. The highest BCUT2D eigenvalue weighted by Crippen LogP contribution is 2.29. The van der Waals surface area contributed by atoms with Crippen molar-refractivity contribution in [2.24, 2.45) is 0 Å². The Hall–Kier alpha value is -2.53. The van der Waals surface area contributed by atoms with Crippen molar-refractivity contribution in [1.82, 2.24) is 4.90 Å². The van der Waals surface area contributed by atoms with Gasteiger partial charge in [0.2, 0.25) is 5.91 Å². The summed E-state index contributed by atoms with van der Waals surface area (Å²) in [6.45, 7) is 7.03. The fourth-order valence-electron chi connectivity index (χ4n) is 2.99. The Balaban J connectivity index is 2.01. The van der Waals surface area contributed by atoms with Crippen molar-refractivity contribution in [2.75, 3.05) is 25.0 Å². The highest BCUT2D eigenvalue weighted by molar-refractivity contribution is 6.32. The van der Waals surface area contributed by atoms with Crippen LogP contribution in [0, 0.1) is 0 Å². The van der Waals surface area contributed by atoms with Gasteiger partial charge in [-0.25, -0.2) is 0 Å². The van der Waals surface area contributed by atoms with E-state index in [1.807, 2.05) is 51.1 Å². The normalized spacial score (nSPS) is 11.6. The largest absolute Gasteiger partial charge is 0.482 e. The molecule has 0 radical (unpaired) electrons. The highest BCUT2D eigenvalue weighted by atomic mass is 35.5. The summed E-state index contributed by atoms with van der Waals surface area (Å²) in [7, 11) is 0. The number of carbonyl (C=O) groups excluding carboxylic acids is 2. The number of nitrogens with zero attached hydrogens (tertiary/aromatic N) is 1. The van der Waals surface area contributed by atoms with Crippen molar-refractivity contribution >= 4 is 29.1 Å². The van der Waals surface area contributed by atoms with E-state index in [1.54, 1.807) is 23.1 Å². The summed E-state index contributed by atoms with van der Waals surface area (Å²) in [4.78, 5) is 26.4. The van der Waals surface area contributed by atoms with Crippen LogP contribution < -0.4 is 10.1 Å². The van der Waals surface area contributed by atoms with Gasteiger partial charge in [0, 0.05) is 18.8 Å². The van der Waals surface area contributed by atoms with E-state index in [9.17, 15) is 9.59 Å². The Morgan fingerprint density at radius 2 is 1.75 bits per heavy atom. The van der Waals surface area contributed by atoms with Crippen molar-refractivity contribution in [3.8, 4) is 5.75 Å². The minimum Gasteiger partial charge on any atom is -0.482 e. The Labute approximate surface area is 171 Å². The van der Waals surface area contributed by atoms with Gasteiger partial charge in [0.05, 0.1) is 10.9 Å². The second kappa shape index (κ2) is 10.7. The van der Waals surface area contributed by atoms with Gasteiger partial charge in [-0.15, -0.1) is 0 Å². The first-order valence-electron chi connectivity index (χ1n) is 9.56. The monoisotopic (exact) mass is 402 g/mol. The second-order valence-corrected chi connectivity index (χ2v) is 6.77. The van der Waals surface area contributed by atoms with E-state index in [4.69, 9.17) is 16.3 Å². The van der Waals surface area contributed by atoms with Crippen LogP contribution >= 0.6 is 11.6 Å². The summed E-state index contributed by atoms with van der Waals surface area (Å²) in [6, 6.07) is 14.7. The molecule has 0 aliphatic heterocycles. The van der Waals surface area contributed by atoms with E-state index in [0.717, 1.165) is 5.56 Å². The number of ether oxygens (including phenoxy) is 1. The SMILES string of the molecule is CCC(C(=O)Nc1ccc(OCC(=O)N(CC)CC)c(Cl)c1)c1ccccc1. The Bertz CT molecular complexity index is 792. The van der Waals surface area contributed by atoms with Crippen molar-refractivity contribution in [2.45, 2.75) is 33.1 Å². The van der Waals surface area contributed by atoms with E-state index in [0.29, 0.717) is 36.0 Å². The molecule has 2 aromatic carbocycles. The molecule has 0 aliphatic rings. The van der Waals surface area contributed by atoms with Gasteiger partial charge in [0.25, 0.3) is 5.91 Å². The Kier molecular flexibility index (Phi) is 8.33. The molecule has 0 saturated carbocycles. The molecule has 150 valence electrons. The van der Waals surface area contributed by atoms with Gasteiger partial charge in [-0.3, -0.25) is 9.59 Å². The van der Waals surface area contributed by atoms with Gasteiger partial charge >= 0.3 is 0 Å². The molecule has 1 unspecified atom stereocenters. The number of likely N-dealkylation sites (N-methyl/N-ethyl adjacent to an activating group) is 1. The maximum atomic E-state index is 12.7. The van der Waals surface area contributed by atoms with Gasteiger partial charge in [0.1, 0.15) is 5.75 Å². The first kappa shape index (κ1) is 21.8. The zero-order valence-electron chi connectivity index (χ0n) is 16.6. The summed E-state index contributed by atoms with van der Waals surface area (Å²) >= 11 is 6.27. The molecule has 0 fully saturated rings. The molecular weight excluding hydrogens is 376 g/mol. The fourth-order valence-corrected chi connectivity index (χ4v) is 3.23. The number of rotatable bonds is 9. The van der Waals surface area contributed by atoms with Crippen LogP contribution in [0.15, 0.2) is 48.5 Å². The molecule has 1 atom stereocenters. The quantitative estimate of drug-likeness (QED) is 0.660. The minimum atomic E-state index is -0.234. The van der Waals surface area contributed by atoms with Crippen molar-refractivity contribution in [1.29, 1.82) is 0 Å². The van der Waals surface area contributed by atoms with E-state index in [2.05, 4.69) is 5.32 Å². The molecule has 2 amide bonds. The number of benzene rings is 2. The number of hydrogen-bond acceptors (Lipinski definition) is 3. The summed E-state index contributed by atoms with van der Waals surface area (Å²) < 4.78 is 5.55. The van der Waals surface area contributed by atoms with Gasteiger partial charge in [0.15, 0.2) is 6.61 Å². The summed E-state index contributed by atoms with van der Waals surface area (Å²) in [5.74, 6) is 0.0000998. The van der Waals surface area contributed by atoms with Crippen LogP contribution in [0.25, 0.3) is 0 Å². The second-order valence-electron chi connectivity index (χ2n) is 6.36. The Morgan fingerprint density at radius 3 is 2.32 bits per heavy atom. The number of hydrogen-bond donors (Lipinski definition) is 1. The molecule has 0 aromatic heterocycles. The zero-order valence-corrected chi connectivity index (χ0v) is 17.3. The Morgan fingerprint density at radius 1 is 1.07 bits per heavy atom. The van der Waals surface area contributed by atoms with Crippen molar-refractivity contribution in [3.63, 3.8) is 0 Å². The lowest BCUT2D eigenvalue weighted by molar-refractivity contribution is -0.133.